The van der Waals surface area contributed by atoms with Crippen molar-refractivity contribution in [2.75, 3.05) is 25.0 Å². The van der Waals surface area contributed by atoms with Crippen LogP contribution in [0.4, 0.5) is 10.5 Å². The summed E-state index contributed by atoms with van der Waals surface area (Å²) < 4.78 is 5.20. The van der Waals surface area contributed by atoms with Crippen LogP contribution in [0.25, 0.3) is 0 Å². The maximum Gasteiger partial charge on any atom is 0.412 e. The Bertz CT molecular complexity index is 550. The molecule has 0 radical (unpaired) electrons. The van der Waals surface area contributed by atoms with Gasteiger partial charge in [0.05, 0.1) is 13.0 Å². The second-order valence-electron chi connectivity index (χ2n) is 6.96. The minimum atomic E-state index is -0.550. The Labute approximate surface area is 150 Å². The number of aliphatic hydroxyl groups excluding tert-OH is 1. The fourth-order valence-corrected chi connectivity index (χ4v) is 2.24. The van der Waals surface area contributed by atoms with Gasteiger partial charge >= 0.3 is 6.09 Å². The highest BCUT2D eigenvalue weighted by molar-refractivity contribution is 5.85. The maximum absolute atomic E-state index is 12.4. The smallest absolute Gasteiger partial charge is 0.412 e. The molecule has 0 aliphatic carbocycles. The van der Waals surface area contributed by atoms with Crippen molar-refractivity contribution >= 4 is 17.7 Å². The molecule has 0 aromatic heterocycles. The Morgan fingerprint density at radius 3 is 2.32 bits per heavy atom. The first kappa shape index (κ1) is 21.0. The number of aliphatic hydroxyl groups is 1. The lowest BCUT2D eigenvalue weighted by Crippen LogP contribution is -2.35. The number of amides is 2. The Balaban J connectivity index is 2.60. The second kappa shape index (κ2) is 10.0. The predicted octanol–water partition coefficient (Wildman–Crippen LogP) is 3.20. The Hall–Kier alpha value is -2.08. The third kappa shape index (κ3) is 8.54. The average molecular weight is 350 g/mol. The Kier molecular flexibility index (Phi) is 8.41. The quantitative estimate of drug-likeness (QED) is 0.755. The number of nitrogens with one attached hydrogen (secondary N) is 1. The number of benzene rings is 1. The molecule has 6 heteroatoms. The van der Waals surface area contributed by atoms with Gasteiger partial charge in [-0.25, -0.2) is 4.79 Å². The van der Waals surface area contributed by atoms with Crippen LogP contribution in [-0.4, -0.2) is 47.3 Å². The second-order valence-corrected chi connectivity index (χ2v) is 6.96. The van der Waals surface area contributed by atoms with Gasteiger partial charge in [-0.2, -0.15) is 0 Å². The molecule has 0 aliphatic rings. The SMILES string of the molecule is CCCCN(CCO)C(=O)Cc1ccc(NC(=O)OC(C)(C)C)cc1. The monoisotopic (exact) mass is 350 g/mol. The molecule has 1 rings (SSSR count). The molecule has 25 heavy (non-hydrogen) atoms. The Morgan fingerprint density at radius 2 is 1.80 bits per heavy atom. The van der Waals surface area contributed by atoms with Gasteiger partial charge in [-0.05, 0) is 44.9 Å². The molecule has 6 nitrogen and oxygen atoms in total. The van der Waals surface area contributed by atoms with Crippen LogP contribution in [0, 0.1) is 0 Å². The van der Waals surface area contributed by atoms with Crippen LogP contribution < -0.4 is 5.32 Å². The molecule has 2 amide bonds. The molecule has 0 saturated carbocycles. The van der Waals surface area contributed by atoms with E-state index >= 15 is 0 Å². The van der Waals surface area contributed by atoms with Crippen LogP contribution in [0.2, 0.25) is 0 Å². The van der Waals surface area contributed by atoms with Gasteiger partial charge in [0.2, 0.25) is 5.91 Å². The van der Waals surface area contributed by atoms with Crippen molar-refractivity contribution in [3.05, 3.63) is 29.8 Å². The van der Waals surface area contributed by atoms with E-state index in [4.69, 9.17) is 9.84 Å². The third-order valence-corrected chi connectivity index (χ3v) is 3.46. The fraction of sp³-hybridized carbons (Fsp3) is 0.579. The fourth-order valence-electron chi connectivity index (χ4n) is 2.24. The minimum absolute atomic E-state index is 0.00430. The summed E-state index contributed by atoms with van der Waals surface area (Å²) in [7, 11) is 0. The number of anilines is 1. The van der Waals surface area contributed by atoms with Crippen molar-refractivity contribution in [2.24, 2.45) is 0 Å². The zero-order chi connectivity index (χ0) is 18.9. The van der Waals surface area contributed by atoms with Crippen molar-refractivity contribution in [1.29, 1.82) is 0 Å². The third-order valence-electron chi connectivity index (χ3n) is 3.46. The van der Waals surface area contributed by atoms with Crippen LogP contribution in [0.15, 0.2) is 24.3 Å². The van der Waals surface area contributed by atoms with Crippen molar-refractivity contribution in [3.8, 4) is 0 Å². The van der Waals surface area contributed by atoms with Gasteiger partial charge in [0, 0.05) is 18.8 Å². The number of hydrogen-bond donors (Lipinski definition) is 2. The van der Waals surface area contributed by atoms with Crippen LogP contribution in [0.3, 0.4) is 0 Å². The zero-order valence-electron chi connectivity index (χ0n) is 15.7. The highest BCUT2D eigenvalue weighted by atomic mass is 16.6. The van der Waals surface area contributed by atoms with E-state index in [2.05, 4.69) is 12.2 Å². The Morgan fingerprint density at radius 1 is 1.16 bits per heavy atom. The molecule has 0 aliphatic heterocycles. The first-order valence-corrected chi connectivity index (χ1v) is 8.72. The molecule has 1 aromatic carbocycles. The zero-order valence-corrected chi connectivity index (χ0v) is 15.7. The van der Waals surface area contributed by atoms with Gasteiger partial charge < -0.3 is 14.7 Å². The van der Waals surface area contributed by atoms with Crippen molar-refractivity contribution < 1.29 is 19.4 Å². The van der Waals surface area contributed by atoms with E-state index in [1.807, 2.05) is 12.1 Å². The molecule has 1 aromatic rings. The standard InChI is InChI=1S/C19H30N2O4/c1-5-6-11-21(12-13-22)17(23)14-15-7-9-16(10-8-15)20-18(24)25-19(2,3)4/h7-10,22H,5-6,11-14H2,1-4H3,(H,20,24). The van der Waals surface area contributed by atoms with Gasteiger partial charge in [-0.3, -0.25) is 10.1 Å². The number of rotatable bonds is 8. The van der Waals surface area contributed by atoms with Gasteiger partial charge in [0.1, 0.15) is 5.60 Å². The minimum Gasteiger partial charge on any atom is -0.444 e. The van der Waals surface area contributed by atoms with Crippen LogP contribution in [0.1, 0.15) is 46.1 Å². The van der Waals surface area contributed by atoms with Gasteiger partial charge in [-0.15, -0.1) is 0 Å². The molecular formula is C19H30N2O4. The van der Waals surface area contributed by atoms with E-state index in [0.29, 0.717) is 18.8 Å². The lowest BCUT2D eigenvalue weighted by atomic mass is 10.1. The van der Waals surface area contributed by atoms with Crippen molar-refractivity contribution in [2.45, 2.75) is 52.6 Å². The molecule has 0 spiro atoms. The number of ether oxygens (including phenoxy) is 1. The van der Waals surface area contributed by atoms with E-state index in [1.165, 1.54) is 0 Å². The van der Waals surface area contributed by atoms with E-state index in [1.54, 1.807) is 37.8 Å². The first-order chi connectivity index (χ1) is 11.7. The molecule has 140 valence electrons. The number of nitrogens with zero attached hydrogens (tertiary/aromatic N) is 1. The highest BCUT2D eigenvalue weighted by Crippen LogP contribution is 2.14. The predicted molar refractivity (Wildman–Crippen MR) is 98.6 cm³/mol. The summed E-state index contributed by atoms with van der Waals surface area (Å²) in [4.78, 5) is 25.8. The van der Waals surface area contributed by atoms with Crippen LogP contribution in [-0.2, 0) is 16.0 Å². The van der Waals surface area contributed by atoms with E-state index < -0.39 is 11.7 Å². The van der Waals surface area contributed by atoms with E-state index in [9.17, 15) is 9.59 Å². The first-order valence-electron chi connectivity index (χ1n) is 8.72. The number of unbranched alkanes of at least 4 members (excludes halogenated alkanes) is 1. The largest absolute Gasteiger partial charge is 0.444 e. The lowest BCUT2D eigenvalue weighted by molar-refractivity contribution is -0.131. The molecule has 0 bridgehead atoms. The summed E-state index contributed by atoms with van der Waals surface area (Å²) in [6.07, 6.45) is 1.69. The average Bonchev–Trinajstić information content (AvgIpc) is 2.51. The number of hydrogen-bond acceptors (Lipinski definition) is 4. The highest BCUT2D eigenvalue weighted by Gasteiger charge is 2.16. The van der Waals surface area contributed by atoms with Crippen LogP contribution in [0.5, 0.6) is 0 Å². The van der Waals surface area contributed by atoms with Crippen LogP contribution >= 0.6 is 0 Å². The van der Waals surface area contributed by atoms with Crippen molar-refractivity contribution in [3.63, 3.8) is 0 Å². The van der Waals surface area contributed by atoms with Gasteiger partial charge in [-0.1, -0.05) is 25.5 Å². The summed E-state index contributed by atoms with van der Waals surface area (Å²) in [5.74, 6) is -0.00430. The number of carbonyl (C=O) groups is 2. The molecule has 0 unspecified atom stereocenters. The normalized spacial score (nSPS) is 11.1. The summed E-state index contributed by atoms with van der Waals surface area (Å²) >= 11 is 0. The summed E-state index contributed by atoms with van der Waals surface area (Å²) in [5.41, 5.74) is 0.924. The summed E-state index contributed by atoms with van der Waals surface area (Å²) in [5, 5.41) is 11.8. The van der Waals surface area contributed by atoms with Gasteiger partial charge in [0.15, 0.2) is 0 Å². The number of carbonyl (C=O) groups excluding carboxylic acids is 2. The summed E-state index contributed by atoms with van der Waals surface area (Å²) in [6.45, 7) is 8.46. The molecule has 0 fully saturated rings. The molecule has 0 atom stereocenters. The molecular weight excluding hydrogens is 320 g/mol. The van der Waals surface area contributed by atoms with Crippen molar-refractivity contribution in [1.82, 2.24) is 4.90 Å². The van der Waals surface area contributed by atoms with E-state index in [0.717, 1.165) is 18.4 Å². The topological polar surface area (TPSA) is 78.9 Å². The molecule has 2 N–H and O–H groups in total. The molecule has 0 saturated heterocycles. The van der Waals surface area contributed by atoms with Gasteiger partial charge in [0.25, 0.3) is 0 Å². The molecule has 0 heterocycles. The maximum atomic E-state index is 12.4. The summed E-state index contributed by atoms with van der Waals surface area (Å²) in [6, 6.07) is 7.10. The lowest BCUT2D eigenvalue weighted by Gasteiger charge is -2.21. The van der Waals surface area contributed by atoms with E-state index in [-0.39, 0.29) is 18.9 Å².